The highest BCUT2D eigenvalue weighted by molar-refractivity contribution is 5.28. The van der Waals surface area contributed by atoms with E-state index in [-0.39, 0.29) is 0 Å². The van der Waals surface area contributed by atoms with E-state index in [4.69, 9.17) is 4.74 Å². The van der Waals surface area contributed by atoms with Gasteiger partial charge in [-0.3, -0.25) is 9.80 Å². The first-order valence-electron chi connectivity index (χ1n) is 8.19. The van der Waals surface area contributed by atoms with E-state index in [0.29, 0.717) is 18.2 Å². The normalized spacial score (nSPS) is 24.2. The zero-order chi connectivity index (χ0) is 16.3. The third-order valence-electron chi connectivity index (χ3n) is 4.73. The summed E-state index contributed by atoms with van der Waals surface area (Å²) in [5, 5.41) is 0. The largest absolute Gasteiger partial charge is 0.393 e. The van der Waals surface area contributed by atoms with Crippen LogP contribution in [0.25, 0.3) is 0 Å². The number of rotatable bonds is 4. The third kappa shape index (κ3) is 4.68. The monoisotopic (exact) mass is 328 g/mol. The van der Waals surface area contributed by atoms with E-state index in [1.165, 1.54) is 0 Å². The first kappa shape index (κ1) is 16.7. The zero-order valence-corrected chi connectivity index (χ0v) is 13.2. The summed E-state index contributed by atoms with van der Waals surface area (Å²) in [6, 6.07) is 7.44. The summed E-state index contributed by atoms with van der Waals surface area (Å²) in [7, 11) is 0. The molecule has 0 aliphatic carbocycles. The van der Waals surface area contributed by atoms with Gasteiger partial charge in [0.25, 0.3) is 0 Å². The maximum Gasteiger partial charge on any atom is 0.393 e. The van der Waals surface area contributed by atoms with Crippen molar-refractivity contribution in [1.29, 1.82) is 0 Å². The van der Waals surface area contributed by atoms with Gasteiger partial charge < -0.3 is 4.74 Å². The summed E-state index contributed by atoms with van der Waals surface area (Å²) >= 11 is 0. The molecule has 0 amide bonds. The fourth-order valence-corrected chi connectivity index (χ4v) is 3.44. The van der Waals surface area contributed by atoms with Crippen molar-refractivity contribution in [3.8, 4) is 0 Å². The van der Waals surface area contributed by atoms with Crippen LogP contribution in [0.4, 0.5) is 13.2 Å². The van der Waals surface area contributed by atoms with E-state index in [2.05, 4.69) is 9.80 Å². The molecule has 0 aromatic heterocycles. The molecule has 2 aliphatic rings. The van der Waals surface area contributed by atoms with Crippen LogP contribution in [0.2, 0.25) is 0 Å². The Morgan fingerprint density at radius 1 is 1.04 bits per heavy atom. The van der Waals surface area contributed by atoms with Gasteiger partial charge in [-0.25, -0.2) is 0 Å². The highest BCUT2D eigenvalue weighted by Gasteiger charge is 2.30. The van der Waals surface area contributed by atoms with Crippen LogP contribution in [0.3, 0.4) is 0 Å². The molecular weight excluding hydrogens is 305 g/mol. The van der Waals surface area contributed by atoms with Gasteiger partial charge in [-0.05, 0) is 17.5 Å². The minimum atomic E-state index is -4.16. The lowest BCUT2D eigenvalue weighted by atomic mass is 10.0. The lowest BCUT2D eigenvalue weighted by molar-refractivity contribution is -0.127. The SMILES string of the molecule is FC(F)(F)Cc1ccccc1CN1CCN(C2CCOC2)CC1. The first-order valence-corrected chi connectivity index (χ1v) is 8.19. The van der Waals surface area contributed by atoms with Crippen LogP contribution < -0.4 is 0 Å². The van der Waals surface area contributed by atoms with Crippen LogP contribution in [0.1, 0.15) is 17.5 Å². The molecule has 1 aromatic rings. The van der Waals surface area contributed by atoms with Crippen molar-refractivity contribution in [2.45, 2.75) is 31.6 Å². The predicted octanol–water partition coefficient (Wildman–Crippen LogP) is 2.70. The van der Waals surface area contributed by atoms with Crippen molar-refractivity contribution < 1.29 is 17.9 Å². The van der Waals surface area contributed by atoms with Crippen LogP contribution in [0, 0.1) is 0 Å². The van der Waals surface area contributed by atoms with Crippen molar-refractivity contribution in [2.24, 2.45) is 0 Å². The van der Waals surface area contributed by atoms with Crippen LogP contribution in [-0.4, -0.2) is 61.4 Å². The van der Waals surface area contributed by atoms with E-state index in [9.17, 15) is 13.2 Å². The number of benzene rings is 1. The Morgan fingerprint density at radius 2 is 1.74 bits per heavy atom. The summed E-state index contributed by atoms with van der Waals surface area (Å²) in [5.41, 5.74) is 1.19. The van der Waals surface area contributed by atoms with Gasteiger partial charge in [0.05, 0.1) is 13.0 Å². The second kappa shape index (κ2) is 7.20. The maximum absolute atomic E-state index is 12.7. The molecule has 128 valence electrons. The Labute approximate surface area is 135 Å². The van der Waals surface area contributed by atoms with E-state index in [1.54, 1.807) is 12.1 Å². The van der Waals surface area contributed by atoms with Gasteiger partial charge in [0.15, 0.2) is 0 Å². The van der Waals surface area contributed by atoms with E-state index in [0.717, 1.165) is 51.4 Å². The number of nitrogens with zero attached hydrogens (tertiary/aromatic N) is 2. The molecule has 3 rings (SSSR count). The van der Waals surface area contributed by atoms with Gasteiger partial charge in [0, 0.05) is 45.4 Å². The molecule has 0 spiro atoms. The topological polar surface area (TPSA) is 15.7 Å². The summed E-state index contributed by atoms with van der Waals surface area (Å²) in [4.78, 5) is 4.70. The van der Waals surface area contributed by atoms with Crippen LogP contribution in [0.5, 0.6) is 0 Å². The molecule has 1 atom stereocenters. The lowest BCUT2D eigenvalue weighted by Crippen LogP contribution is -2.50. The average Bonchev–Trinajstić information content (AvgIpc) is 3.03. The van der Waals surface area contributed by atoms with Gasteiger partial charge >= 0.3 is 6.18 Å². The Kier molecular flexibility index (Phi) is 5.24. The number of hydrogen-bond acceptors (Lipinski definition) is 3. The quantitative estimate of drug-likeness (QED) is 0.845. The molecule has 0 radical (unpaired) electrons. The van der Waals surface area contributed by atoms with Gasteiger partial charge in [-0.2, -0.15) is 13.2 Å². The van der Waals surface area contributed by atoms with Crippen LogP contribution in [-0.2, 0) is 17.7 Å². The minimum Gasteiger partial charge on any atom is -0.380 e. The number of piperazine rings is 1. The molecule has 0 bridgehead atoms. The predicted molar refractivity (Wildman–Crippen MR) is 82.3 cm³/mol. The molecule has 2 aliphatic heterocycles. The van der Waals surface area contributed by atoms with Gasteiger partial charge in [0.2, 0.25) is 0 Å². The summed E-state index contributed by atoms with van der Waals surface area (Å²) in [5.74, 6) is 0. The van der Waals surface area contributed by atoms with Crippen molar-refractivity contribution in [3.05, 3.63) is 35.4 Å². The standard InChI is InChI=1S/C17H23F3N2O/c18-17(19,20)11-14-3-1-2-4-15(14)12-21-6-8-22(9-7-21)16-5-10-23-13-16/h1-4,16H,5-13H2. The summed E-state index contributed by atoms with van der Waals surface area (Å²) in [6.07, 6.45) is -3.91. The summed E-state index contributed by atoms with van der Waals surface area (Å²) < 4.78 is 43.5. The molecule has 6 heteroatoms. The number of halogens is 3. The highest BCUT2D eigenvalue weighted by atomic mass is 19.4. The number of ether oxygens (including phenoxy) is 1. The Hall–Kier alpha value is -1.11. The zero-order valence-electron chi connectivity index (χ0n) is 13.2. The van der Waals surface area contributed by atoms with E-state index in [1.807, 2.05) is 12.1 Å². The number of hydrogen-bond donors (Lipinski definition) is 0. The van der Waals surface area contributed by atoms with Crippen molar-refractivity contribution in [1.82, 2.24) is 9.80 Å². The Balaban J connectivity index is 1.56. The summed E-state index contributed by atoms with van der Waals surface area (Å²) in [6.45, 7) is 5.99. The van der Waals surface area contributed by atoms with Crippen molar-refractivity contribution >= 4 is 0 Å². The van der Waals surface area contributed by atoms with Crippen LogP contribution >= 0.6 is 0 Å². The molecule has 0 N–H and O–H groups in total. The molecule has 0 saturated carbocycles. The molecule has 23 heavy (non-hydrogen) atoms. The molecule has 1 aromatic carbocycles. The second-order valence-electron chi connectivity index (χ2n) is 6.39. The smallest absolute Gasteiger partial charge is 0.380 e. The molecule has 2 saturated heterocycles. The third-order valence-corrected chi connectivity index (χ3v) is 4.73. The van der Waals surface area contributed by atoms with Crippen molar-refractivity contribution in [3.63, 3.8) is 0 Å². The molecule has 3 nitrogen and oxygen atoms in total. The fourth-order valence-electron chi connectivity index (χ4n) is 3.44. The number of alkyl halides is 3. The van der Waals surface area contributed by atoms with E-state index >= 15 is 0 Å². The molecule has 1 unspecified atom stereocenters. The Bertz CT molecular complexity index is 507. The average molecular weight is 328 g/mol. The highest BCUT2D eigenvalue weighted by Crippen LogP contribution is 2.24. The van der Waals surface area contributed by atoms with Gasteiger partial charge in [0.1, 0.15) is 0 Å². The Morgan fingerprint density at radius 3 is 2.35 bits per heavy atom. The van der Waals surface area contributed by atoms with Crippen molar-refractivity contribution in [2.75, 3.05) is 39.4 Å². The maximum atomic E-state index is 12.7. The fraction of sp³-hybridized carbons (Fsp3) is 0.647. The van der Waals surface area contributed by atoms with Crippen LogP contribution in [0.15, 0.2) is 24.3 Å². The second-order valence-corrected chi connectivity index (χ2v) is 6.39. The molecule has 2 heterocycles. The lowest BCUT2D eigenvalue weighted by Gasteiger charge is -2.37. The molecular formula is C17H23F3N2O. The first-order chi connectivity index (χ1) is 11.0. The minimum absolute atomic E-state index is 0.395. The van der Waals surface area contributed by atoms with Gasteiger partial charge in [-0.15, -0.1) is 0 Å². The van der Waals surface area contributed by atoms with E-state index < -0.39 is 12.6 Å². The molecule has 2 fully saturated rings. The van der Waals surface area contributed by atoms with Gasteiger partial charge in [-0.1, -0.05) is 24.3 Å².